The summed E-state index contributed by atoms with van der Waals surface area (Å²) in [5.74, 6) is 1.71. The van der Waals surface area contributed by atoms with Crippen molar-refractivity contribution in [1.29, 1.82) is 0 Å². The maximum absolute atomic E-state index is 12.8. The fourth-order valence-corrected chi connectivity index (χ4v) is 3.30. The highest BCUT2D eigenvalue weighted by atomic mass is 19.1. The smallest absolute Gasteiger partial charge is 0.339 e. The van der Waals surface area contributed by atoms with Crippen LogP contribution in [0.5, 0.6) is 0 Å². The molecule has 1 fully saturated rings. The molecule has 0 saturated heterocycles. The highest BCUT2D eigenvalue weighted by molar-refractivity contribution is 5.70. The maximum Gasteiger partial charge on any atom is 0.350 e. The summed E-state index contributed by atoms with van der Waals surface area (Å²) in [7, 11) is 0. The topological polar surface area (TPSA) is 104 Å². The number of rotatable bonds is 6. The van der Waals surface area contributed by atoms with Crippen molar-refractivity contribution >= 4 is 5.65 Å². The number of pyridine rings is 1. The fourth-order valence-electron chi connectivity index (χ4n) is 3.30. The minimum absolute atomic E-state index is 0.0189. The second-order valence-electron chi connectivity index (χ2n) is 7.36. The van der Waals surface area contributed by atoms with E-state index in [9.17, 15) is 9.18 Å². The average Bonchev–Trinajstić information content (AvgIpc) is 3.43. The zero-order valence-corrected chi connectivity index (χ0v) is 16.0. The van der Waals surface area contributed by atoms with Gasteiger partial charge < -0.3 is 10.3 Å². The number of nitrogens with two attached hydrogens (primary N) is 1. The normalized spacial score (nSPS) is 14.5. The van der Waals surface area contributed by atoms with E-state index >= 15 is 0 Å². The Bertz CT molecular complexity index is 1300. The van der Waals surface area contributed by atoms with Crippen molar-refractivity contribution in [3.8, 4) is 22.5 Å². The van der Waals surface area contributed by atoms with E-state index in [1.165, 1.54) is 9.08 Å². The summed E-state index contributed by atoms with van der Waals surface area (Å²) in [5.41, 5.74) is 8.64. The number of halogens is 1. The summed E-state index contributed by atoms with van der Waals surface area (Å²) < 4.78 is 20.8. The van der Waals surface area contributed by atoms with Gasteiger partial charge in [-0.15, -0.1) is 5.10 Å². The van der Waals surface area contributed by atoms with Gasteiger partial charge in [0, 0.05) is 24.2 Å². The number of benzene rings is 1. The monoisotopic (exact) mass is 406 g/mol. The molecule has 3 heterocycles. The van der Waals surface area contributed by atoms with E-state index in [4.69, 9.17) is 10.3 Å². The number of hydrogen-bond donors (Lipinski definition) is 1. The van der Waals surface area contributed by atoms with Crippen LogP contribution in [0.2, 0.25) is 0 Å². The zero-order valence-electron chi connectivity index (χ0n) is 16.0. The Hall–Kier alpha value is -3.59. The lowest BCUT2D eigenvalue weighted by Gasteiger charge is -2.03. The second kappa shape index (κ2) is 7.34. The maximum atomic E-state index is 12.8. The first-order valence-corrected chi connectivity index (χ1v) is 9.68. The van der Waals surface area contributed by atoms with Crippen molar-refractivity contribution in [3.63, 3.8) is 0 Å². The van der Waals surface area contributed by atoms with Crippen LogP contribution in [0.3, 0.4) is 0 Å². The van der Waals surface area contributed by atoms with E-state index < -0.39 is 0 Å². The van der Waals surface area contributed by atoms with Crippen LogP contribution in [0, 0.1) is 0 Å². The number of aromatic nitrogens is 5. The van der Waals surface area contributed by atoms with Crippen LogP contribution in [-0.4, -0.2) is 30.9 Å². The molecule has 5 rings (SSSR count). The third kappa shape index (κ3) is 3.33. The molecule has 0 amide bonds. The molecule has 9 heteroatoms. The van der Waals surface area contributed by atoms with Crippen molar-refractivity contribution in [1.82, 2.24) is 24.3 Å². The number of nitrogens with zero attached hydrogens (tertiary/aromatic N) is 5. The third-order valence-electron chi connectivity index (χ3n) is 5.20. The first kappa shape index (κ1) is 18.4. The Morgan fingerprint density at radius 3 is 2.67 bits per heavy atom. The van der Waals surface area contributed by atoms with Crippen LogP contribution in [0.1, 0.15) is 24.7 Å². The lowest BCUT2D eigenvalue weighted by molar-refractivity contribution is 0.380. The molecular formula is C21H19FN6O2. The molecule has 3 aromatic heterocycles. The van der Waals surface area contributed by atoms with Gasteiger partial charge in [0.25, 0.3) is 0 Å². The van der Waals surface area contributed by atoms with Crippen LogP contribution in [0.15, 0.2) is 63.8 Å². The van der Waals surface area contributed by atoms with Gasteiger partial charge in [-0.1, -0.05) is 29.4 Å². The van der Waals surface area contributed by atoms with Crippen LogP contribution in [0.25, 0.3) is 28.2 Å². The summed E-state index contributed by atoms with van der Waals surface area (Å²) in [4.78, 5) is 16.9. The van der Waals surface area contributed by atoms with Gasteiger partial charge in [-0.2, -0.15) is 4.98 Å². The molecule has 0 spiro atoms. The molecule has 1 saturated carbocycles. The summed E-state index contributed by atoms with van der Waals surface area (Å²) in [5, 5.41) is 8.36. The second-order valence-corrected chi connectivity index (χ2v) is 7.36. The molecule has 152 valence electrons. The molecule has 1 aliphatic carbocycles. The van der Waals surface area contributed by atoms with E-state index in [0.717, 1.165) is 29.5 Å². The van der Waals surface area contributed by atoms with Crippen LogP contribution >= 0.6 is 0 Å². The molecule has 0 aliphatic heterocycles. The van der Waals surface area contributed by atoms with Gasteiger partial charge in [-0.3, -0.25) is 4.40 Å². The molecular weight excluding hydrogens is 387 g/mol. The molecule has 8 nitrogen and oxygen atoms in total. The van der Waals surface area contributed by atoms with Gasteiger partial charge in [0.05, 0.1) is 12.9 Å². The molecule has 0 unspecified atom stereocenters. The highest BCUT2D eigenvalue weighted by Gasteiger charge is 2.29. The molecule has 1 aliphatic rings. The quantitative estimate of drug-likeness (QED) is 0.528. The minimum Gasteiger partial charge on any atom is -0.339 e. The van der Waals surface area contributed by atoms with Crippen molar-refractivity contribution < 1.29 is 8.91 Å². The Morgan fingerprint density at radius 2 is 1.97 bits per heavy atom. The van der Waals surface area contributed by atoms with Crippen molar-refractivity contribution in [2.75, 3.05) is 6.54 Å². The lowest BCUT2D eigenvalue weighted by atomic mass is 10.0. The van der Waals surface area contributed by atoms with Gasteiger partial charge in [0.1, 0.15) is 0 Å². The summed E-state index contributed by atoms with van der Waals surface area (Å²) in [6, 6.07) is 11.4. The molecule has 30 heavy (non-hydrogen) atoms. The molecule has 0 atom stereocenters. The van der Waals surface area contributed by atoms with Gasteiger partial charge in [0.2, 0.25) is 11.7 Å². The first-order valence-electron chi connectivity index (χ1n) is 9.68. The van der Waals surface area contributed by atoms with Crippen molar-refractivity contribution in [2.24, 2.45) is 5.73 Å². The summed E-state index contributed by atoms with van der Waals surface area (Å²) in [6.07, 6.45) is 4.30. The molecule has 1 aromatic carbocycles. The lowest BCUT2D eigenvalue weighted by Crippen LogP contribution is -2.23. The third-order valence-corrected chi connectivity index (χ3v) is 5.20. The van der Waals surface area contributed by atoms with E-state index in [1.54, 1.807) is 6.20 Å². The Labute approximate surface area is 170 Å². The van der Waals surface area contributed by atoms with Crippen LogP contribution < -0.4 is 11.4 Å². The minimum atomic E-state index is -0.344. The summed E-state index contributed by atoms with van der Waals surface area (Å²) >= 11 is 0. The van der Waals surface area contributed by atoms with Gasteiger partial charge in [-0.05, 0) is 41.7 Å². The van der Waals surface area contributed by atoms with Gasteiger partial charge in [0.15, 0.2) is 5.65 Å². The van der Waals surface area contributed by atoms with E-state index in [1.807, 2.05) is 36.4 Å². The van der Waals surface area contributed by atoms with Crippen LogP contribution in [-0.2, 0) is 6.54 Å². The average molecular weight is 406 g/mol. The van der Waals surface area contributed by atoms with E-state index in [0.29, 0.717) is 35.2 Å². The largest absolute Gasteiger partial charge is 0.350 e. The van der Waals surface area contributed by atoms with Gasteiger partial charge >= 0.3 is 5.69 Å². The SMILES string of the molecule is NC/C(=C\F)Cn1nc2cc(-c3ccc(-c4noc(C5CC5)n4)cc3)ccn2c1=O. The Kier molecular flexibility index (Phi) is 4.51. The van der Waals surface area contributed by atoms with Crippen molar-refractivity contribution in [2.45, 2.75) is 25.3 Å². The first-order chi connectivity index (χ1) is 14.7. The Balaban J connectivity index is 1.43. The predicted molar refractivity (Wildman–Crippen MR) is 108 cm³/mol. The summed E-state index contributed by atoms with van der Waals surface area (Å²) in [6.45, 7) is 0.0437. The van der Waals surface area contributed by atoms with Gasteiger partial charge in [-0.25, -0.2) is 13.9 Å². The van der Waals surface area contributed by atoms with E-state index in [2.05, 4.69) is 15.2 Å². The molecule has 2 N–H and O–H groups in total. The molecule has 0 bridgehead atoms. The fraction of sp³-hybridized carbons (Fsp3) is 0.238. The highest BCUT2D eigenvalue weighted by Crippen LogP contribution is 2.39. The standard InChI is InChI=1S/C21H19FN6O2/c22-10-13(11-23)12-28-21(29)27-8-7-17(9-18(27)25-28)14-1-3-15(4-2-14)19-24-20(30-26-19)16-5-6-16/h1-4,7-10,16H,5-6,11-12,23H2/b13-10+. The number of hydrogen-bond acceptors (Lipinski definition) is 6. The predicted octanol–water partition coefficient (Wildman–Crippen LogP) is 2.90. The van der Waals surface area contributed by atoms with Crippen molar-refractivity contribution in [3.05, 3.63) is 70.9 Å². The number of fused-ring (bicyclic) bond motifs is 1. The molecule has 4 aromatic rings. The zero-order chi connectivity index (χ0) is 20.7. The Morgan fingerprint density at radius 1 is 1.20 bits per heavy atom. The van der Waals surface area contributed by atoms with E-state index in [-0.39, 0.29) is 18.8 Å². The van der Waals surface area contributed by atoms with Crippen LogP contribution in [0.4, 0.5) is 4.39 Å². The molecule has 0 radical (unpaired) electrons.